The van der Waals surface area contributed by atoms with Gasteiger partial charge in [-0.15, -0.1) is 0 Å². The molecule has 0 spiro atoms. The van der Waals surface area contributed by atoms with Crippen LogP contribution in [0.1, 0.15) is 39.5 Å². The Hall–Kier alpha value is -0.530. The molecule has 0 unspecified atom stereocenters. The van der Waals surface area contributed by atoms with E-state index in [0.29, 0.717) is 0 Å². The van der Waals surface area contributed by atoms with Crippen molar-refractivity contribution in [2.75, 3.05) is 6.54 Å². The van der Waals surface area contributed by atoms with Crippen LogP contribution in [0.15, 0.2) is 5.10 Å². The summed E-state index contributed by atoms with van der Waals surface area (Å²) in [7, 11) is 0. The molecule has 0 saturated carbocycles. The Morgan fingerprint density at radius 1 is 1.30 bits per heavy atom. The minimum absolute atomic E-state index is 0.989. The van der Waals surface area contributed by atoms with E-state index < -0.39 is 0 Å². The lowest BCUT2D eigenvalue weighted by atomic mass is 10.3. The van der Waals surface area contributed by atoms with Crippen molar-refractivity contribution in [3.8, 4) is 0 Å². The van der Waals surface area contributed by atoms with Crippen LogP contribution in [0.3, 0.4) is 0 Å². The highest BCUT2D eigenvalue weighted by molar-refractivity contribution is 5.56. The van der Waals surface area contributed by atoms with E-state index >= 15 is 0 Å². The fourth-order valence-corrected chi connectivity index (χ4v) is 0.601. The molecule has 2 heteroatoms. The second kappa shape index (κ2) is 8.47. The first kappa shape index (κ1) is 9.47. The monoisotopic (exact) mass is 142 g/mol. The van der Waals surface area contributed by atoms with Crippen molar-refractivity contribution >= 4 is 6.21 Å². The lowest BCUT2D eigenvalue weighted by molar-refractivity contribution is 0.714. The van der Waals surface area contributed by atoms with Crippen LogP contribution in [0.4, 0.5) is 0 Å². The van der Waals surface area contributed by atoms with Gasteiger partial charge in [0.25, 0.3) is 0 Å². The fraction of sp³-hybridized carbons (Fsp3) is 0.875. The molecule has 10 heavy (non-hydrogen) atoms. The quantitative estimate of drug-likeness (QED) is 0.343. The van der Waals surface area contributed by atoms with Crippen LogP contribution in [0.2, 0.25) is 0 Å². The normalized spacial score (nSPS) is 10.6. The maximum atomic E-state index is 4.02. The van der Waals surface area contributed by atoms with E-state index in [9.17, 15) is 0 Å². The van der Waals surface area contributed by atoms with Gasteiger partial charge in [-0.1, -0.05) is 20.3 Å². The van der Waals surface area contributed by atoms with Crippen LogP contribution in [-0.4, -0.2) is 12.8 Å². The molecule has 2 nitrogen and oxygen atoms in total. The first-order valence-corrected chi connectivity index (χ1v) is 4.16. The van der Waals surface area contributed by atoms with Gasteiger partial charge in [0.1, 0.15) is 0 Å². The standard InChI is InChI=1S/C8H18N2/c1-3-5-6-8-10-9-7-4-2/h8-9H,3-7H2,1-2H3/b10-8+. The van der Waals surface area contributed by atoms with Crippen LogP contribution in [0, 0.1) is 0 Å². The Bertz CT molecular complexity index is 69.3. The molecule has 0 saturated heterocycles. The van der Waals surface area contributed by atoms with E-state index in [2.05, 4.69) is 24.4 Å². The molecule has 0 rings (SSSR count). The van der Waals surface area contributed by atoms with Crippen molar-refractivity contribution in [3.05, 3.63) is 0 Å². The van der Waals surface area contributed by atoms with Crippen LogP contribution < -0.4 is 5.43 Å². The molecule has 0 aliphatic carbocycles. The molecule has 0 bridgehead atoms. The molecular formula is C8H18N2. The highest BCUT2D eigenvalue weighted by Crippen LogP contribution is 1.88. The molecule has 0 fully saturated rings. The molecule has 0 aliphatic rings. The van der Waals surface area contributed by atoms with Crippen LogP contribution in [0.5, 0.6) is 0 Å². The summed E-state index contributed by atoms with van der Waals surface area (Å²) >= 11 is 0. The predicted molar refractivity (Wildman–Crippen MR) is 46.3 cm³/mol. The van der Waals surface area contributed by atoms with Crippen molar-refractivity contribution in [2.45, 2.75) is 39.5 Å². The second-order valence-corrected chi connectivity index (χ2v) is 2.36. The molecule has 0 heterocycles. The van der Waals surface area contributed by atoms with Crippen molar-refractivity contribution in [3.63, 3.8) is 0 Å². The second-order valence-electron chi connectivity index (χ2n) is 2.36. The van der Waals surface area contributed by atoms with Crippen molar-refractivity contribution in [2.24, 2.45) is 5.10 Å². The summed E-state index contributed by atoms with van der Waals surface area (Å²) in [5, 5.41) is 4.02. The lowest BCUT2D eigenvalue weighted by Gasteiger charge is -1.93. The predicted octanol–water partition coefficient (Wildman–Crippen LogP) is 2.16. The third-order valence-electron chi connectivity index (χ3n) is 1.23. The number of hydrazone groups is 1. The zero-order chi connectivity index (χ0) is 7.66. The zero-order valence-corrected chi connectivity index (χ0v) is 7.06. The highest BCUT2D eigenvalue weighted by atomic mass is 15.3. The van der Waals surface area contributed by atoms with Gasteiger partial charge >= 0.3 is 0 Å². The molecule has 0 aromatic rings. The van der Waals surface area contributed by atoms with E-state index in [4.69, 9.17) is 0 Å². The summed E-state index contributed by atoms with van der Waals surface area (Å²) in [6.07, 6.45) is 6.70. The average molecular weight is 142 g/mol. The maximum absolute atomic E-state index is 4.02. The van der Waals surface area contributed by atoms with Gasteiger partial charge in [-0.2, -0.15) is 5.10 Å². The smallest absolute Gasteiger partial charge is 0.0326 e. The first-order chi connectivity index (χ1) is 4.91. The number of hydrogen-bond donors (Lipinski definition) is 1. The maximum Gasteiger partial charge on any atom is 0.0326 e. The number of rotatable bonds is 6. The van der Waals surface area contributed by atoms with Gasteiger partial charge in [-0.05, 0) is 19.3 Å². The Labute approximate surface area is 63.7 Å². The number of nitrogens with zero attached hydrogens (tertiary/aromatic N) is 1. The summed E-state index contributed by atoms with van der Waals surface area (Å²) in [4.78, 5) is 0. The molecule has 0 amide bonds. The molecule has 0 atom stereocenters. The molecular weight excluding hydrogens is 124 g/mol. The summed E-state index contributed by atoms with van der Waals surface area (Å²) in [6.45, 7) is 5.31. The van der Waals surface area contributed by atoms with Crippen molar-refractivity contribution in [1.82, 2.24) is 5.43 Å². The molecule has 60 valence electrons. The van der Waals surface area contributed by atoms with Gasteiger partial charge in [-0.25, -0.2) is 0 Å². The molecule has 1 N–H and O–H groups in total. The van der Waals surface area contributed by atoms with Gasteiger partial charge in [-0.3, -0.25) is 0 Å². The Morgan fingerprint density at radius 3 is 2.70 bits per heavy atom. The molecule has 0 aromatic heterocycles. The van der Waals surface area contributed by atoms with Crippen LogP contribution >= 0.6 is 0 Å². The number of nitrogens with one attached hydrogen (secondary N) is 1. The number of unbranched alkanes of at least 4 members (excludes halogenated alkanes) is 2. The van der Waals surface area contributed by atoms with Crippen LogP contribution in [-0.2, 0) is 0 Å². The first-order valence-electron chi connectivity index (χ1n) is 4.16. The SMILES string of the molecule is CCCC/C=N/NCCC. The van der Waals surface area contributed by atoms with E-state index in [1.807, 2.05) is 6.21 Å². The van der Waals surface area contributed by atoms with E-state index in [1.165, 1.54) is 12.8 Å². The molecule has 0 radical (unpaired) electrons. The van der Waals surface area contributed by atoms with Gasteiger partial charge in [0.2, 0.25) is 0 Å². The summed E-state index contributed by atoms with van der Waals surface area (Å²) in [6, 6.07) is 0. The van der Waals surface area contributed by atoms with Crippen molar-refractivity contribution in [1.29, 1.82) is 0 Å². The Balaban J connectivity index is 2.89. The zero-order valence-electron chi connectivity index (χ0n) is 7.06. The minimum atomic E-state index is 0.989. The van der Waals surface area contributed by atoms with Gasteiger partial charge in [0.05, 0.1) is 0 Å². The molecule has 0 aliphatic heterocycles. The highest BCUT2D eigenvalue weighted by Gasteiger charge is 1.77. The average Bonchev–Trinajstić information content (AvgIpc) is 1.97. The third kappa shape index (κ3) is 7.47. The van der Waals surface area contributed by atoms with Crippen molar-refractivity contribution < 1.29 is 0 Å². The molecule has 0 aromatic carbocycles. The number of hydrogen-bond acceptors (Lipinski definition) is 2. The van der Waals surface area contributed by atoms with Gasteiger partial charge in [0, 0.05) is 12.8 Å². The summed E-state index contributed by atoms with van der Waals surface area (Å²) in [5.74, 6) is 0. The van der Waals surface area contributed by atoms with Gasteiger partial charge < -0.3 is 5.43 Å². The Kier molecular flexibility index (Phi) is 8.02. The minimum Gasteiger partial charge on any atom is -0.310 e. The third-order valence-corrected chi connectivity index (χ3v) is 1.23. The Morgan fingerprint density at radius 2 is 2.10 bits per heavy atom. The lowest BCUT2D eigenvalue weighted by Crippen LogP contribution is -2.05. The topological polar surface area (TPSA) is 24.4 Å². The van der Waals surface area contributed by atoms with Gasteiger partial charge in [0.15, 0.2) is 0 Å². The van der Waals surface area contributed by atoms with E-state index in [0.717, 1.165) is 19.4 Å². The fourth-order valence-electron chi connectivity index (χ4n) is 0.601. The van der Waals surface area contributed by atoms with Crippen LogP contribution in [0.25, 0.3) is 0 Å². The summed E-state index contributed by atoms with van der Waals surface area (Å²) < 4.78 is 0. The van der Waals surface area contributed by atoms with E-state index in [1.54, 1.807) is 0 Å². The van der Waals surface area contributed by atoms with E-state index in [-0.39, 0.29) is 0 Å². The largest absolute Gasteiger partial charge is 0.310 e. The summed E-state index contributed by atoms with van der Waals surface area (Å²) in [5.41, 5.74) is 2.96.